The average Bonchev–Trinajstić information content (AvgIpc) is 2.52. The van der Waals surface area contributed by atoms with Crippen LogP contribution in [-0.2, 0) is 0 Å². The quantitative estimate of drug-likeness (QED) is 0.859. The molecule has 1 aliphatic rings. The van der Waals surface area contributed by atoms with Crippen molar-refractivity contribution in [3.8, 4) is 5.75 Å². The number of phenols is 1. The van der Waals surface area contributed by atoms with Gasteiger partial charge in [0, 0.05) is 19.1 Å². The van der Waals surface area contributed by atoms with Crippen LogP contribution in [0, 0.1) is 0 Å². The van der Waals surface area contributed by atoms with Gasteiger partial charge in [0.05, 0.1) is 10.6 Å². The van der Waals surface area contributed by atoms with Crippen molar-refractivity contribution in [2.75, 3.05) is 26.7 Å². The van der Waals surface area contributed by atoms with Crippen molar-refractivity contribution >= 4 is 17.5 Å². The molecule has 1 amide bonds. The first-order valence-electron chi connectivity index (χ1n) is 6.47. The van der Waals surface area contributed by atoms with Crippen LogP contribution in [0.15, 0.2) is 18.2 Å². The van der Waals surface area contributed by atoms with Gasteiger partial charge in [-0.3, -0.25) is 4.79 Å². The minimum atomic E-state index is -0.108. The molecule has 1 aromatic carbocycles. The van der Waals surface area contributed by atoms with E-state index in [1.807, 2.05) is 11.8 Å². The Balaban J connectivity index is 2.25. The Hall–Kier alpha value is -1.26. The summed E-state index contributed by atoms with van der Waals surface area (Å²) in [5.41, 5.74) is 0.373. The highest BCUT2D eigenvalue weighted by atomic mass is 35.5. The number of benzene rings is 1. The molecule has 104 valence electrons. The lowest BCUT2D eigenvalue weighted by Crippen LogP contribution is -2.42. The van der Waals surface area contributed by atoms with Crippen LogP contribution in [0.25, 0.3) is 0 Å². The number of hydrogen-bond acceptors (Lipinski definition) is 3. The van der Waals surface area contributed by atoms with Crippen LogP contribution in [0.1, 0.15) is 23.7 Å². The Bertz CT molecular complexity index is 479. The standard InChI is InChI=1S/C14H19ClN2O2/c1-10-9-16(2)6-3-7-17(10)14(19)12-8-11(18)4-5-13(12)15/h4-5,8,10,18H,3,6-7,9H2,1-2H3. The van der Waals surface area contributed by atoms with Gasteiger partial charge in [-0.2, -0.15) is 0 Å². The van der Waals surface area contributed by atoms with E-state index in [1.165, 1.54) is 12.1 Å². The highest BCUT2D eigenvalue weighted by Gasteiger charge is 2.26. The van der Waals surface area contributed by atoms with E-state index >= 15 is 0 Å². The summed E-state index contributed by atoms with van der Waals surface area (Å²) < 4.78 is 0. The number of amides is 1. The van der Waals surface area contributed by atoms with Crippen LogP contribution in [-0.4, -0.2) is 53.5 Å². The van der Waals surface area contributed by atoms with Gasteiger partial charge in [0.1, 0.15) is 5.75 Å². The largest absolute Gasteiger partial charge is 0.508 e. The van der Waals surface area contributed by atoms with E-state index in [4.69, 9.17) is 11.6 Å². The normalized spacial score (nSPS) is 21.2. The molecule has 0 aliphatic carbocycles. The van der Waals surface area contributed by atoms with E-state index in [-0.39, 0.29) is 17.7 Å². The van der Waals surface area contributed by atoms with Crippen molar-refractivity contribution in [1.82, 2.24) is 9.80 Å². The van der Waals surface area contributed by atoms with Gasteiger partial charge in [-0.25, -0.2) is 0 Å². The highest BCUT2D eigenvalue weighted by molar-refractivity contribution is 6.33. The second-order valence-corrected chi connectivity index (χ2v) is 5.53. The van der Waals surface area contributed by atoms with Crippen molar-refractivity contribution < 1.29 is 9.90 Å². The van der Waals surface area contributed by atoms with Crippen LogP contribution in [0.5, 0.6) is 5.75 Å². The Labute approximate surface area is 118 Å². The molecule has 1 fully saturated rings. The fourth-order valence-corrected chi connectivity index (χ4v) is 2.70. The average molecular weight is 283 g/mol. The zero-order valence-corrected chi connectivity index (χ0v) is 12.0. The molecule has 1 saturated heterocycles. The predicted octanol–water partition coefficient (Wildman–Crippen LogP) is 2.21. The highest BCUT2D eigenvalue weighted by Crippen LogP contribution is 2.24. The first-order chi connectivity index (χ1) is 8.99. The molecule has 0 aromatic heterocycles. The Morgan fingerprint density at radius 3 is 2.89 bits per heavy atom. The monoisotopic (exact) mass is 282 g/mol. The molecule has 1 heterocycles. The number of likely N-dealkylation sites (N-methyl/N-ethyl adjacent to an activating group) is 1. The topological polar surface area (TPSA) is 43.8 Å². The summed E-state index contributed by atoms with van der Waals surface area (Å²) in [6.45, 7) is 4.59. The van der Waals surface area contributed by atoms with E-state index in [0.29, 0.717) is 10.6 Å². The Kier molecular flexibility index (Phi) is 4.32. The van der Waals surface area contributed by atoms with Crippen LogP contribution in [0.4, 0.5) is 0 Å². The lowest BCUT2D eigenvalue weighted by Gasteiger charge is -2.28. The molecule has 2 rings (SSSR count). The Morgan fingerprint density at radius 1 is 1.42 bits per heavy atom. The number of rotatable bonds is 1. The van der Waals surface area contributed by atoms with Crippen LogP contribution < -0.4 is 0 Å². The number of halogens is 1. The van der Waals surface area contributed by atoms with Crippen LogP contribution in [0.3, 0.4) is 0 Å². The second-order valence-electron chi connectivity index (χ2n) is 5.13. The molecule has 0 radical (unpaired) electrons. The third-order valence-corrected chi connectivity index (χ3v) is 3.82. The van der Waals surface area contributed by atoms with E-state index in [0.717, 1.165) is 26.1 Å². The fraction of sp³-hybridized carbons (Fsp3) is 0.500. The van der Waals surface area contributed by atoms with Crippen LogP contribution >= 0.6 is 11.6 Å². The zero-order valence-electron chi connectivity index (χ0n) is 11.3. The van der Waals surface area contributed by atoms with Gasteiger partial charge in [-0.15, -0.1) is 0 Å². The molecule has 1 aliphatic heterocycles. The smallest absolute Gasteiger partial charge is 0.255 e. The van der Waals surface area contributed by atoms with E-state index in [9.17, 15) is 9.90 Å². The molecule has 5 heteroatoms. The molecule has 0 spiro atoms. The summed E-state index contributed by atoms with van der Waals surface area (Å²) >= 11 is 6.06. The zero-order chi connectivity index (χ0) is 14.0. The number of phenolic OH excluding ortho intramolecular Hbond substituents is 1. The van der Waals surface area contributed by atoms with Crippen molar-refractivity contribution in [1.29, 1.82) is 0 Å². The summed E-state index contributed by atoms with van der Waals surface area (Å²) in [6.07, 6.45) is 0.947. The molecular formula is C14H19ClN2O2. The predicted molar refractivity (Wildman–Crippen MR) is 75.7 cm³/mol. The number of carbonyl (C=O) groups excluding carboxylic acids is 1. The first kappa shape index (κ1) is 14.2. The maximum Gasteiger partial charge on any atom is 0.255 e. The van der Waals surface area contributed by atoms with E-state index in [2.05, 4.69) is 11.9 Å². The summed E-state index contributed by atoms with van der Waals surface area (Å²) in [6, 6.07) is 4.61. The third-order valence-electron chi connectivity index (χ3n) is 3.49. The maximum absolute atomic E-state index is 12.6. The van der Waals surface area contributed by atoms with Gasteiger partial charge < -0.3 is 14.9 Å². The van der Waals surface area contributed by atoms with Gasteiger partial charge in [-0.1, -0.05) is 11.6 Å². The molecule has 19 heavy (non-hydrogen) atoms. The van der Waals surface area contributed by atoms with Gasteiger partial charge in [0.2, 0.25) is 0 Å². The number of aromatic hydroxyl groups is 1. The molecular weight excluding hydrogens is 264 g/mol. The molecule has 1 atom stereocenters. The molecule has 1 N–H and O–H groups in total. The van der Waals surface area contributed by atoms with Gasteiger partial charge in [0.25, 0.3) is 5.91 Å². The summed E-state index contributed by atoms with van der Waals surface area (Å²) in [7, 11) is 2.06. The van der Waals surface area contributed by atoms with Gasteiger partial charge in [-0.05, 0) is 45.1 Å². The molecule has 0 bridgehead atoms. The first-order valence-corrected chi connectivity index (χ1v) is 6.85. The summed E-state index contributed by atoms with van der Waals surface area (Å²) in [5.74, 6) is -0.0453. The molecule has 0 saturated carbocycles. The fourth-order valence-electron chi connectivity index (χ4n) is 2.51. The molecule has 1 unspecified atom stereocenters. The SMILES string of the molecule is CC1CN(C)CCCN1C(=O)c1cc(O)ccc1Cl. The van der Waals surface area contributed by atoms with Crippen molar-refractivity contribution in [2.45, 2.75) is 19.4 Å². The minimum absolute atomic E-state index is 0.0624. The van der Waals surface area contributed by atoms with Crippen molar-refractivity contribution in [2.24, 2.45) is 0 Å². The van der Waals surface area contributed by atoms with Crippen molar-refractivity contribution in [3.63, 3.8) is 0 Å². The lowest BCUT2D eigenvalue weighted by molar-refractivity contribution is 0.0696. The van der Waals surface area contributed by atoms with Gasteiger partial charge in [0.15, 0.2) is 0 Å². The number of nitrogens with zero attached hydrogens (tertiary/aromatic N) is 2. The molecule has 1 aromatic rings. The lowest BCUT2D eigenvalue weighted by atomic mass is 10.1. The van der Waals surface area contributed by atoms with E-state index in [1.54, 1.807) is 6.07 Å². The summed E-state index contributed by atoms with van der Waals surface area (Å²) in [4.78, 5) is 16.6. The summed E-state index contributed by atoms with van der Waals surface area (Å²) in [5, 5.41) is 9.89. The molecule has 4 nitrogen and oxygen atoms in total. The van der Waals surface area contributed by atoms with Gasteiger partial charge >= 0.3 is 0 Å². The minimum Gasteiger partial charge on any atom is -0.508 e. The Morgan fingerprint density at radius 2 is 2.16 bits per heavy atom. The number of hydrogen-bond donors (Lipinski definition) is 1. The van der Waals surface area contributed by atoms with Crippen LogP contribution in [0.2, 0.25) is 5.02 Å². The maximum atomic E-state index is 12.6. The number of carbonyl (C=O) groups is 1. The third kappa shape index (κ3) is 3.19. The second kappa shape index (κ2) is 5.80. The van der Waals surface area contributed by atoms with Crippen molar-refractivity contribution in [3.05, 3.63) is 28.8 Å². The van der Waals surface area contributed by atoms with E-state index < -0.39 is 0 Å².